The molecule has 4 aromatic heterocycles. The molecule has 0 spiro atoms. The highest BCUT2D eigenvalue weighted by atomic mass is 32.1. The molecule has 0 radical (unpaired) electrons. The van der Waals surface area contributed by atoms with Gasteiger partial charge in [-0.1, -0.05) is 58.2 Å². The topological polar surface area (TPSA) is 69.4 Å². The van der Waals surface area contributed by atoms with Gasteiger partial charge in [-0.15, -0.1) is 11.3 Å². The molecule has 1 aromatic carbocycles. The molecule has 0 saturated heterocycles. The SMILES string of the molecule is C=C/C(=C\C(=C/C)c1ccc2[nH]nc(-c3cc4c(-c5cccs5)cccc4[nH]3)c2n1)NC(=C)CC(C)(C)C. The van der Waals surface area contributed by atoms with Crippen LogP contribution in [-0.2, 0) is 0 Å². The van der Waals surface area contributed by atoms with E-state index in [1.807, 2.05) is 25.1 Å². The Morgan fingerprint density at radius 1 is 1.11 bits per heavy atom. The van der Waals surface area contributed by atoms with Crippen LogP contribution >= 0.6 is 11.3 Å². The second-order valence-electron chi connectivity index (χ2n) is 10.6. The molecule has 5 aromatic rings. The van der Waals surface area contributed by atoms with Crippen LogP contribution in [0.3, 0.4) is 0 Å². The summed E-state index contributed by atoms with van der Waals surface area (Å²) in [7, 11) is 0. The fourth-order valence-corrected chi connectivity index (χ4v) is 5.45. The second-order valence-corrected chi connectivity index (χ2v) is 11.6. The maximum absolute atomic E-state index is 5.04. The van der Waals surface area contributed by atoms with Gasteiger partial charge in [0.15, 0.2) is 0 Å². The maximum Gasteiger partial charge on any atom is 0.135 e. The molecule has 38 heavy (non-hydrogen) atoms. The summed E-state index contributed by atoms with van der Waals surface area (Å²) < 4.78 is 0. The summed E-state index contributed by atoms with van der Waals surface area (Å²) >= 11 is 1.74. The van der Waals surface area contributed by atoms with Gasteiger partial charge in [-0.05, 0) is 72.2 Å². The van der Waals surface area contributed by atoms with E-state index in [2.05, 4.69) is 108 Å². The third-order valence-corrected chi connectivity index (χ3v) is 7.22. The maximum atomic E-state index is 5.04. The quantitative estimate of drug-likeness (QED) is 0.179. The first-order valence-corrected chi connectivity index (χ1v) is 13.6. The van der Waals surface area contributed by atoms with Gasteiger partial charge < -0.3 is 10.3 Å². The Balaban J connectivity index is 1.51. The van der Waals surface area contributed by atoms with Crippen molar-refractivity contribution in [2.75, 3.05) is 0 Å². The minimum atomic E-state index is 0.150. The van der Waals surface area contributed by atoms with Gasteiger partial charge in [0, 0.05) is 32.7 Å². The zero-order chi connectivity index (χ0) is 26.9. The molecule has 192 valence electrons. The van der Waals surface area contributed by atoms with Crippen LogP contribution < -0.4 is 5.32 Å². The van der Waals surface area contributed by atoms with Gasteiger partial charge in [-0.25, -0.2) is 4.98 Å². The van der Waals surface area contributed by atoms with Crippen LogP contribution in [0, 0.1) is 5.41 Å². The molecule has 0 fully saturated rings. The van der Waals surface area contributed by atoms with Crippen LogP contribution in [0.4, 0.5) is 0 Å². The van der Waals surface area contributed by atoms with Crippen molar-refractivity contribution in [1.82, 2.24) is 25.5 Å². The third-order valence-electron chi connectivity index (χ3n) is 6.32. The van der Waals surface area contributed by atoms with Crippen molar-refractivity contribution in [2.45, 2.75) is 34.1 Å². The van der Waals surface area contributed by atoms with Crippen LogP contribution in [0.1, 0.15) is 39.8 Å². The number of hydrogen-bond donors (Lipinski definition) is 3. The van der Waals surface area contributed by atoms with Crippen molar-refractivity contribution in [3.05, 3.63) is 102 Å². The van der Waals surface area contributed by atoms with E-state index in [4.69, 9.17) is 4.98 Å². The van der Waals surface area contributed by atoms with Crippen molar-refractivity contribution in [3.63, 3.8) is 0 Å². The lowest BCUT2D eigenvalue weighted by Gasteiger charge is -2.21. The molecule has 0 bridgehead atoms. The number of aromatic amines is 2. The summed E-state index contributed by atoms with van der Waals surface area (Å²) in [6.07, 6.45) is 6.80. The van der Waals surface area contributed by atoms with Crippen LogP contribution in [0.2, 0.25) is 0 Å². The third kappa shape index (κ3) is 5.27. The monoisotopic (exact) mass is 519 g/mol. The van der Waals surface area contributed by atoms with Crippen molar-refractivity contribution in [3.8, 4) is 21.8 Å². The Hall–Kier alpha value is -4.16. The number of pyridine rings is 1. The number of nitrogens with zero attached hydrogens (tertiary/aromatic N) is 2. The zero-order valence-electron chi connectivity index (χ0n) is 22.4. The molecule has 3 N–H and O–H groups in total. The van der Waals surface area contributed by atoms with E-state index in [-0.39, 0.29) is 5.41 Å². The highest BCUT2D eigenvalue weighted by Gasteiger charge is 2.16. The van der Waals surface area contributed by atoms with E-state index in [1.165, 1.54) is 15.8 Å². The molecule has 5 nitrogen and oxygen atoms in total. The van der Waals surface area contributed by atoms with E-state index in [0.717, 1.165) is 57.0 Å². The molecule has 6 heteroatoms. The van der Waals surface area contributed by atoms with Crippen molar-refractivity contribution >= 4 is 38.8 Å². The molecular formula is C32H33N5S. The number of benzene rings is 1. The van der Waals surface area contributed by atoms with Crippen molar-refractivity contribution < 1.29 is 0 Å². The highest BCUT2D eigenvalue weighted by molar-refractivity contribution is 7.13. The lowest BCUT2D eigenvalue weighted by molar-refractivity contribution is 0.403. The van der Waals surface area contributed by atoms with Gasteiger partial charge >= 0.3 is 0 Å². The standard InChI is InChI=1S/C32H33N5S/c1-7-21(17-22(8-2)33-20(3)19-32(4,5)6)25-14-15-27-30(35-25)31(37-36-27)28-18-24-23(29-13-10-16-38-29)11-9-12-26(24)34-28/h7-18,33-34H,2-3,19H2,1,4-6H3,(H,36,37)/b21-7+,22-17+. The van der Waals surface area contributed by atoms with Crippen molar-refractivity contribution in [1.29, 1.82) is 0 Å². The van der Waals surface area contributed by atoms with E-state index < -0.39 is 0 Å². The number of fused-ring (bicyclic) bond motifs is 2. The van der Waals surface area contributed by atoms with Gasteiger partial charge in [0.25, 0.3) is 0 Å². The first-order valence-electron chi connectivity index (χ1n) is 12.7. The largest absolute Gasteiger partial charge is 0.359 e. The molecule has 0 aliphatic carbocycles. The number of hydrogen-bond acceptors (Lipinski definition) is 4. The van der Waals surface area contributed by atoms with Crippen LogP contribution in [-0.4, -0.2) is 20.2 Å². The predicted molar refractivity (Wildman–Crippen MR) is 163 cm³/mol. The first kappa shape index (κ1) is 25.5. The summed E-state index contributed by atoms with van der Waals surface area (Å²) in [6.45, 7) is 16.8. The van der Waals surface area contributed by atoms with Gasteiger partial charge in [0.2, 0.25) is 0 Å². The molecule has 0 saturated carbocycles. The number of rotatable bonds is 8. The molecule has 5 rings (SSSR count). The van der Waals surface area contributed by atoms with Gasteiger partial charge in [-0.3, -0.25) is 5.10 Å². The normalized spacial score (nSPS) is 12.8. The summed E-state index contributed by atoms with van der Waals surface area (Å²) in [6, 6.07) is 16.8. The lowest BCUT2D eigenvalue weighted by Crippen LogP contribution is -2.16. The highest BCUT2D eigenvalue weighted by Crippen LogP contribution is 2.35. The molecule has 0 aliphatic heterocycles. The number of aromatic nitrogens is 4. The van der Waals surface area contributed by atoms with Crippen LogP contribution in [0.5, 0.6) is 0 Å². The zero-order valence-corrected chi connectivity index (χ0v) is 23.2. The number of allylic oxidation sites excluding steroid dienone is 5. The first-order chi connectivity index (χ1) is 18.3. The molecule has 0 amide bonds. The van der Waals surface area contributed by atoms with Crippen molar-refractivity contribution in [2.24, 2.45) is 5.41 Å². The average molecular weight is 520 g/mol. The smallest absolute Gasteiger partial charge is 0.135 e. The van der Waals surface area contributed by atoms with E-state index in [0.29, 0.717) is 0 Å². The Labute approximate surface area is 227 Å². The van der Waals surface area contributed by atoms with Gasteiger partial charge in [0.05, 0.1) is 16.9 Å². The summed E-state index contributed by atoms with van der Waals surface area (Å²) in [4.78, 5) is 9.85. The van der Waals surface area contributed by atoms with Crippen LogP contribution in [0.15, 0.2) is 96.7 Å². The van der Waals surface area contributed by atoms with E-state index >= 15 is 0 Å². The molecule has 0 aliphatic rings. The summed E-state index contributed by atoms with van der Waals surface area (Å²) in [5.41, 5.74) is 9.59. The minimum absolute atomic E-state index is 0.150. The minimum Gasteiger partial charge on any atom is -0.359 e. The van der Waals surface area contributed by atoms with Crippen LogP contribution in [0.25, 0.3) is 49.3 Å². The molecule has 4 heterocycles. The van der Waals surface area contributed by atoms with Gasteiger partial charge in [0.1, 0.15) is 11.2 Å². The molecule has 0 unspecified atom stereocenters. The average Bonchev–Trinajstić information content (AvgIpc) is 3.63. The Morgan fingerprint density at radius 3 is 2.66 bits per heavy atom. The Morgan fingerprint density at radius 2 is 1.95 bits per heavy atom. The molecule has 0 atom stereocenters. The van der Waals surface area contributed by atoms with E-state index in [1.54, 1.807) is 11.3 Å². The Kier molecular flexibility index (Phi) is 6.91. The predicted octanol–water partition coefficient (Wildman–Crippen LogP) is 8.85. The summed E-state index contributed by atoms with van der Waals surface area (Å²) in [5.74, 6) is 0. The number of thiophene rings is 1. The second kappa shape index (κ2) is 10.3. The lowest BCUT2D eigenvalue weighted by atomic mass is 9.91. The summed E-state index contributed by atoms with van der Waals surface area (Å²) in [5, 5.41) is 14.5. The fraction of sp³-hybridized carbons (Fsp3) is 0.188. The molecular weight excluding hydrogens is 486 g/mol. The van der Waals surface area contributed by atoms with Gasteiger partial charge in [-0.2, -0.15) is 5.10 Å². The fourth-order valence-electron chi connectivity index (χ4n) is 4.68. The van der Waals surface area contributed by atoms with E-state index in [9.17, 15) is 0 Å². The number of nitrogens with one attached hydrogen (secondary N) is 3. The number of H-pyrrole nitrogens is 2. The Bertz CT molecular complexity index is 1690.